The first-order valence-electron chi connectivity index (χ1n) is 20.0. The highest BCUT2D eigenvalue weighted by Gasteiger charge is 2.62. The zero-order chi connectivity index (χ0) is 43.6. The van der Waals surface area contributed by atoms with Gasteiger partial charge in [0.25, 0.3) is 5.91 Å². The molecule has 1 aliphatic heterocycles. The predicted octanol–water partition coefficient (Wildman–Crippen LogP) is 3.74. The normalized spacial score (nSPS) is 22.2. The molecule has 0 bridgehead atoms. The van der Waals surface area contributed by atoms with E-state index in [0.717, 1.165) is 10.9 Å². The van der Waals surface area contributed by atoms with Gasteiger partial charge < -0.3 is 35.1 Å². The summed E-state index contributed by atoms with van der Waals surface area (Å²) in [6, 6.07) is 12.0. The van der Waals surface area contributed by atoms with E-state index in [1.807, 2.05) is 36.4 Å². The number of sulfonamides is 1. The second-order valence-electron chi connectivity index (χ2n) is 17.1. The fourth-order valence-corrected chi connectivity index (χ4v) is 8.71. The van der Waals surface area contributed by atoms with Crippen molar-refractivity contribution in [2.45, 2.75) is 102 Å². The lowest BCUT2D eigenvalue weighted by atomic mass is 9.85. The molecular weight excluding hydrogens is 793 g/mol. The van der Waals surface area contributed by atoms with Gasteiger partial charge in [0.15, 0.2) is 0 Å². The summed E-state index contributed by atoms with van der Waals surface area (Å²) in [6.07, 6.45) is 3.21. The highest BCUT2D eigenvalue weighted by atomic mass is 32.2. The minimum atomic E-state index is -3.94. The number of hydrogen-bond donors (Lipinski definition) is 4. The lowest BCUT2D eigenvalue weighted by Gasteiger charge is -2.36. The average Bonchev–Trinajstić information content (AvgIpc) is 4.14. The Bertz CT molecular complexity index is 2240. The summed E-state index contributed by atoms with van der Waals surface area (Å²) in [7, 11) is -2.38. The first kappa shape index (κ1) is 43.9. The molecule has 60 heavy (non-hydrogen) atoms. The molecule has 16 nitrogen and oxygen atoms in total. The van der Waals surface area contributed by atoms with Gasteiger partial charge in [-0.15, -0.1) is 6.58 Å². The van der Waals surface area contributed by atoms with Crippen LogP contribution in [0.15, 0.2) is 73.4 Å². The van der Waals surface area contributed by atoms with E-state index in [9.17, 15) is 32.4 Å². The van der Waals surface area contributed by atoms with Crippen LogP contribution in [0.2, 0.25) is 0 Å². The standard InChI is InChI=1S/C43H54N6O10S/c1-8-28-22-43(28,40(53)48-60(55,56)31-15-16-31)47-36(50)33-21-30(59-37-32-17-14-29(57-7)20-27(32)18-19-44-37)23-49(33)38(51)35(42(4,5)6)46-41(54)45-34(25(2)3)39(52)58-24-26-12-10-9-11-13-26/h8-14,17-20,25,28,30-31,33-35H,1,15-16,21-24H2,2-7H3,(H,47,50)(H,48,53)(H2,45,46,54)/t28-,30-,33+,34+,35-,43-/m1/s1. The fraction of sp³-hybridized carbons (Fsp3) is 0.488. The molecule has 322 valence electrons. The molecule has 6 atom stereocenters. The quantitative estimate of drug-likeness (QED) is 0.121. The van der Waals surface area contributed by atoms with Crippen molar-refractivity contribution in [1.29, 1.82) is 0 Å². The summed E-state index contributed by atoms with van der Waals surface area (Å²) in [4.78, 5) is 75.4. The molecule has 2 saturated carbocycles. The van der Waals surface area contributed by atoms with E-state index in [-0.39, 0.29) is 37.8 Å². The van der Waals surface area contributed by atoms with E-state index in [0.29, 0.717) is 24.0 Å². The van der Waals surface area contributed by atoms with Gasteiger partial charge in [-0.3, -0.25) is 19.1 Å². The van der Waals surface area contributed by atoms with E-state index >= 15 is 0 Å². The van der Waals surface area contributed by atoms with E-state index in [2.05, 4.69) is 32.2 Å². The number of hydrogen-bond acceptors (Lipinski definition) is 11. The van der Waals surface area contributed by atoms with Gasteiger partial charge in [0.05, 0.1) is 18.9 Å². The lowest BCUT2D eigenvalue weighted by Crippen LogP contribution is -2.61. The van der Waals surface area contributed by atoms with Crippen LogP contribution in [0.4, 0.5) is 4.79 Å². The number of carbonyl (C=O) groups is 5. The van der Waals surface area contributed by atoms with Gasteiger partial charge in [-0.25, -0.2) is 23.0 Å². The third-order valence-corrected chi connectivity index (χ3v) is 12.9. The fourth-order valence-electron chi connectivity index (χ4n) is 7.35. The molecule has 2 heterocycles. The molecule has 5 amide bonds. The molecule has 3 aliphatic rings. The van der Waals surface area contributed by atoms with Gasteiger partial charge in [-0.2, -0.15) is 0 Å². The minimum Gasteiger partial charge on any atom is -0.497 e. The number of aromatic nitrogens is 1. The Morgan fingerprint density at radius 1 is 1.03 bits per heavy atom. The van der Waals surface area contributed by atoms with Crippen LogP contribution in [0, 0.1) is 17.3 Å². The SMILES string of the molecule is C=C[C@@H]1C[C@]1(NC(=O)[C@@H]1C[C@@H](Oc2nccc3cc(OC)ccc23)CN1C(=O)[C@@H](NC(=O)N[C@H](C(=O)OCc1ccccc1)C(C)C)C(C)(C)C)C(=O)NS(=O)(=O)C1CC1. The Morgan fingerprint density at radius 3 is 2.37 bits per heavy atom. The molecule has 6 rings (SSSR count). The van der Waals surface area contributed by atoms with Crippen LogP contribution in [0.25, 0.3) is 10.8 Å². The second-order valence-corrected chi connectivity index (χ2v) is 19.1. The highest BCUT2D eigenvalue weighted by molar-refractivity contribution is 7.91. The molecule has 1 aromatic heterocycles. The Morgan fingerprint density at radius 2 is 1.75 bits per heavy atom. The maximum atomic E-state index is 14.8. The molecule has 0 unspecified atom stereocenters. The first-order chi connectivity index (χ1) is 28.4. The number of fused-ring (bicyclic) bond motifs is 1. The second kappa shape index (κ2) is 17.5. The molecule has 4 N–H and O–H groups in total. The zero-order valence-electron chi connectivity index (χ0n) is 34.7. The smallest absolute Gasteiger partial charge is 0.329 e. The van der Waals surface area contributed by atoms with E-state index < -0.39 is 86.1 Å². The Kier molecular flexibility index (Phi) is 12.8. The number of nitrogens with one attached hydrogen (secondary N) is 4. The van der Waals surface area contributed by atoms with Crippen molar-refractivity contribution in [1.82, 2.24) is 30.6 Å². The maximum absolute atomic E-state index is 14.8. The average molecular weight is 847 g/mol. The maximum Gasteiger partial charge on any atom is 0.329 e. The molecule has 3 aromatic rings. The van der Waals surface area contributed by atoms with Crippen molar-refractivity contribution in [3.63, 3.8) is 0 Å². The summed E-state index contributed by atoms with van der Waals surface area (Å²) in [6.45, 7) is 12.4. The number of rotatable bonds is 16. The summed E-state index contributed by atoms with van der Waals surface area (Å²) >= 11 is 0. The van der Waals surface area contributed by atoms with Gasteiger partial charge in [-0.1, -0.05) is 71.0 Å². The Hall–Kier alpha value is -5.71. The van der Waals surface area contributed by atoms with E-state index in [4.69, 9.17) is 14.2 Å². The van der Waals surface area contributed by atoms with Crippen LogP contribution in [-0.4, -0.2) is 96.7 Å². The van der Waals surface area contributed by atoms with Gasteiger partial charge >= 0.3 is 12.0 Å². The Labute approximate surface area is 350 Å². The molecular formula is C43H54N6O10S. The Balaban J connectivity index is 1.25. The molecule has 0 radical (unpaired) electrons. The first-order valence-corrected chi connectivity index (χ1v) is 21.6. The lowest BCUT2D eigenvalue weighted by molar-refractivity contribution is -0.148. The number of amides is 5. The monoisotopic (exact) mass is 846 g/mol. The largest absolute Gasteiger partial charge is 0.497 e. The number of esters is 1. The van der Waals surface area contributed by atoms with Crippen molar-refractivity contribution in [3.8, 4) is 11.6 Å². The number of nitrogens with zero attached hydrogens (tertiary/aromatic N) is 2. The third kappa shape index (κ3) is 9.83. The number of ether oxygens (including phenoxy) is 3. The van der Waals surface area contributed by atoms with Crippen molar-refractivity contribution in [2.75, 3.05) is 13.7 Å². The van der Waals surface area contributed by atoms with Gasteiger partial charge in [0.2, 0.25) is 27.7 Å². The topological polar surface area (TPSA) is 211 Å². The van der Waals surface area contributed by atoms with Gasteiger partial charge in [-0.05, 0) is 65.8 Å². The van der Waals surface area contributed by atoms with Crippen molar-refractivity contribution in [3.05, 3.63) is 79.0 Å². The molecule has 0 spiro atoms. The van der Waals surface area contributed by atoms with Crippen LogP contribution in [-0.2, 0) is 40.5 Å². The summed E-state index contributed by atoms with van der Waals surface area (Å²) in [5.74, 6) is -2.92. The number of likely N-dealkylation sites (tertiary alicyclic amines) is 1. The zero-order valence-corrected chi connectivity index (χ0v) is 35.5. The van der Waals surface area contributed by atoms with Crippen molar-refractivity contribution < 1.29 is 46.6 Å². The molecule has 1 saturated heterocycles. The summed E-state index contributed by atoms with van der Waals surface area (Å²) in [5, 5.41) is 8.98. The highest BCUT2D eigenvalue weighted by Crippen LogP contribution is 2.45. The summed E-state index contributed by atoms with van der Waals surface area (Å²) in [5.41, 5.74) is -1.75. The van der Waals surface area contributed by atoms with Crippen molar-refractivity contribution >= 4 is 50.5 Å². The molecule has 2 aromatic carbocycles. The summed E-state index contributed by atoms with van der Waals surface area (Å²) < 4.78 is 45.0. The number of urea groups is 1. The van der Waals surface area contributed by atoms with Crippen molar-refractivity contribution in [2.24, 2.45) is 17.3 Å². The number of methoxy groups -OCH3 is 1. The van der Waals surface area contributed by atoms with Crippen LogP contribution in [0.1, 0.15) is 65.9 Å². The molecule has 3 fully saturated rings. The third-order valence-electron chi connectivity index (χ3n) is 11.1. The van der Waals surface area contributed by atoms with Crippen LogP contribution >= 0.6 is 0 Å². The number of carbonyl (C=O) groups excluding carboxylic acids is 5. The van der Waals surface area contributed by atoms with E-state index in [1.54, 1.807) is 66.1 Å². The van der Waals surface area contributed by atoms with Crippen LogP contribution in [0.5, 0.6) is 11.6 Å². The van der Waals surface area contributed by atoms with Crippen LogP contribution in [0.3, 0.4) is 0 Å². The molecule has 2 aliphatic carbocycles. The number of benzene rings is 2. The van der Waals surface area contributed by atoms with Gasteiger partial charge in [0.1, 0.15) is 42.1 Å². The van der Waals surface area contributed by atoms with Gasteiger partial charge in [0, 0.05) is 23.9 Å². The van der Waals surface area contributed by atoms with Crippen LogP contribution < -0.4 is 30.1 Å². The minimum absolute atomic E-state index is 0.00620. The van der Waals surface area contributed by atoms with E-state index in [1.165, 1.54) is 11.0 Å². The molecule has 17 heteroatoms. The predicted molar refractivity (Wildman–Crippen MR) is 222 cm³/mol. The number of pyridine rings is 1.